The predicted octanol–water partition coefficient (Wildman–Crippen LogP) is 16.9. The van der Waals surface area contributed by atoms with Gasteiger partial charge in [0.2, 0.25) is 3.79 Å². The second-order valence-electron chi connectivity index (χ2n) is 23.5. The lowest BCUT2D eigenvalue weighted by Gasteiger charge is -2.47. The summed E-state index contributed by atoms with van der Waals surface area (Å²) in [5, 5.41) is 15.4. The van der Waals surface area contributed by atoms with Crippen LogP contribution in [0.3, 0.4) is 0 Å². The molecule has 2 heterocycles. The number of hydrogen-bond donors (Lipinski definition) is 2. The van der Waals surface area contributed by atoms with E-state index in [9.17, 15) is 20.4 Å². The van der Waals surface area contributed by atoms with Crippen LogP contribution in [0.25, 0.3) is 0 Å². The Labute approximate surface area is 576 Å². The molecule has 0 aliphatic carbocycles. The van der Waals surface area contributed by atoms with Gasteiger partial charge in [0.1, 0.15) is 55.4 Å². The number of carbonyl (C=O) groups excluding carboxylic acids is 1. The van der Waals surface area contributed by atoms with Gasteiger partial charge < -0.3 is 57.8 Å². The van der Waals surface area contributed by atoms with Crippen molar-refractivity contribution in [2.24, 2.45) is 0 Å². The third kappa shape index (κ3) is 40.7. The zero-order valence-corrected chi connectivity index (χ0v) is 61.1. The van der Waals surface area contributed by atoms with Crippen LogP contribution in [0, 0.1) is 0 Å². The second kappa shape index (κ2) is 55.7. The maximum Gasteiger partial charge on any atom is 0.475 e. The van der Waals surface area contributed by atoms with Crippen LogP contribution in [-0.2, 0) is 83.6 Å². The molecule has 2 aliphatic rings. The fraction of sp³-hybridized carbons (Fsp3) is 0.866. The van der Waals surface area contributed by atoms with E-state index in [1.807, 2.05) is 0 Å². The van der Waals surface area contributed by atoms with Crippen LogP contribution in [0.1, 0.15) is 208 Å². The van der Waals surface area contributed by atoms with Gasteiger partial charge in [0.25, 0.3) is 0 Å². The molecule has 2 fully saturated rings. The molecule has 2 aliphatic heterocycles. The van der Waals surface area contributed by atoms with Crippen LogP contribution < -0.4 is 5.32 Å². The average Bonchev–Trinajstić information content (AvgIpc) is 0.796. The number of unbranched alkanes of at least 4 members (excludes halogenated alkanes) is 23. The summed E-state index contributed by atoms with van der Waals surface area (Å²) in [6.45, 7) is 17.7. The number of alkyl halides is 3. The largest absolute Gasteiger partial charge is 0.475 e. The molecule has 93 heavy (non-hydrogen) atoms. The Bertz CT molecular complexity index is 2000. The number of methoxy groups -OCH3 is 2. The first-order valence-corrected chi connectivity index (χ1v) is 38.6. The molecule has 21 nitrogen and oxygen atoms in total. The maximum atomic E-state index is 14.6. The van der Waals surface area contributed by atoms with Crippen molar-refractivity contribution in [3.8, 4) is 0 Å². The molecule has 1 amide bonds. The van der Waals surface area contributed by atoms with Crippen molar-refractivity contribution in [2.45, 2.75) is 278 Å². The van der Waals surface area contributed by atoms with Crippen molar-refractivity contribution in [1.29, 1.82) is 0 Å². The van der Waals surface area contributed by atoms with E-state index in [4.69, 9.17) is 109 Å². The minimum Gasteiger partial charge on any atom is -0.445 e. The molecule has 0 bridgehead atoms. The quantitative estimate of drug-likeness (QED) is 0.0249. The highest BCUT2D eigenvalue weighted by atomic mass is 35.6. The Morgan fingerprint density at radius 2 is 1.02 bits per heavy atom. The number of amides is 1. The lowest BCUT2D eigenvalue weighted by atomic mass is 9.96. The average molecular weight is 1430 g/mol. The minimum absolute atomic E-state index is 0.0101. The molecule has 2 N–H and O–H groups in total. The Hall–Kier alpha value is -1.08. The van der Waals surface area contributed by atoms with Gasteiger partial charge in [0.05, 0.1) is 60.3 Å². The van der Waals surface area contributed by atoms with Crippen molar-refractivity contribution in [1.82, 2.24) is 5.32 Å². The first-order valence-electron chi connectivity index (χ1n) is 35.1. The summed E-state index contributed by atoms with van der Waals surface area (Å²) in [7, 11) is -5.63. The zero-order valence-electron chi connectivity index (χ0n) is 58.1. The lowest BCUT2D eigenvalue weighted by Crippen LogP contribution is -2.67. The van der Waals surface area contributed by atoms with Gasteiger partial charge in [-0.3, -0.25) is 27.1 Å². The normalized spacial score (nSPS) is 22.9. The lowest BCUT2D eigenvalue weighted by molar-refractivity contribution is -0.331. The van der Waals surface area contributed by atoms with E-state index in [0.717, 1.165) is 89.9 Å². The van der Waals surface area contributed by atoms with Gasteiger partial charge in [0, 0.05) is 34.0 Å². The first-order chi connectivity index (χ1) is 45.4. The number of alkyl carbamates (subject to hydrolysis) is 1. The Balaban J connectivity index is 2.72. The number of aliphatic hydroxyl groups is 1. The standard InChI is InChI=1S/C67H122Cl3NO20P2/c1-10-17-20-23-25-27-29-30-32-34-37-40-48-79-63-62(78-47-39-36-33-31-28-26-24-21-18-11-2)59(72)56(89-65(63)81-50-51-88-92(74,84-43-13-4)85-44-14-5)53-82-64-58(71-66(73)83-54-67(68,69)70)61(80-49-42-55(77-9)41-38-35-22-19-12-3)60(57(90-64)52-76-8)91-93(75,86-45-15-6)87-46-16-7/h13-16,55-65,72H,4-7,10-12,17-54H2,1-3,8-9H3,(H,71,73)/t55-,56-,57-,58-,59-,60-,61-,62+,63-,64-,65?/m1/s1/i48D/t48?,55-,56-,57-,58-,59-,60-,61-,62+,63-,64-,65?. The van der Waals surface area contributed by atoms with Gasteiger partial charge in [-0.2, -0.15) is 0 Å². The van der Waals surface area contributed by atoms with E-state index < -0.39 is 107 Å². The highest BCUT2D eigenvalue weighted by Crippen LogP contribution is 2.53. The van der Waals surface area contributed by atoms with Gasteiger partial charge in [-0.05, 0) is 25.7 Å². The van der Waals surface area contributed by atoms with E-state index in [1.54, 1.807) is 7.11 Å². The van der Waals surface area contributed by atoms with Crippen LogP contribution in [0.15, 0.2) is 50.6 Å². The highest BCUT2D eigenvalue weighted by Gasteiger charge is 2.54. The Kier molecular flexibility index (Phi) is 51.6. The molecule has 2 unspecified atom stereocenters. The number of phosphoric ester groups is 2. The number of nitrogens with one attached hydrogen (secondary N) is 1. The van der Waals surface area contributed by atoms with Crippen LogP contribution in [0.2, 0.25) is 0 Å². The SMILES string of the molecule is [2H]C(CCCCCCCCCCCCC)O[C@H]1C(OCCOP(=O)(OCC=C)OCC=C)O[C@H](CO[C@@H]2O[C@H](COC)[C@@H](OP(=O)(OCC=C)OCC=C)[C@H](OCC[C@@H](CCCCCCC)OC)[C@H]2NC(=O)OCC(Cl)(Cl)Cl)[C@@H](O)[C@@H]1OCCCCCCCCCCCC. The number of halogens is 3. The van der Waals surface area contributed by atoms with Gasteiger partial charge in [-0.1, -0.05) is 240 Å². The summed E-state index contributed by atoms with van der Waals surface area (Å²) in [5.41, 5.74) is 0. The van der Waals surface area contributed by atoms with Crippen molar-refractivity contribution >= 4 is 56.5 Å². The van der Waals surface area contributed by atoms with Gasteiger partial charge in [-0.25, -0.2) is 13.9 Å². The topological polar surface area (TPSA) is 231 Å². The molecule has 0 spiro atoms. The molecule has 0 aromatic heterocycles. The molecule has 26 heteroatoms. The summed E-state index contributed by atoms with van der Waals surface area (Å²) < 4.78 is 133. The van der Waals surface area contributed by atoms with Crippen molar-refractivity contribution < 1.29 is 94.9 Å². The van der Waals surface area contributed by atoms with Gasteiger partial charge >= 0.3 is 21.7 Å². The Morgan fingerprint density at radius 3 is 1.53 bits per heavy atom. The fourth-order valence-electron chi connectivity index (χ4n) is 10.7. The molecule has 0 aromatic rings. The highest BCUT2D eigenvalue weighted by molar-refractivity contribution is 7.48. The third-order valence-corrected chi connectivity index (χ3v) is 18.8. The predicted molar refractivity (Wildman–Crippen MR) is 367 cm³/mol. The Morgan fingerprint density at radius 1 is 0.538 bits per heavy atom. The van der Waals surface area contributed by atoms with Crippen LogP contribution in [-0.4, -0.2) is 176 Å². The summed E-state index contributed by atoms with van der Waals surface area (Å²) in [5.74, 6) is 0. The summed E-state index contributed by atoms with van der Waals surface area (Å²) in [6, 6.07) is -1.42. The fourth-order valence-corrected chi connectivity index (χ4v) is 13.2. The van der Waals surface area contributed by atoms with E-state index in [1.165, 1.54) is 108 Å². The molecule has 2 rings (SSSR count). The maximum absolute atomic E-state index is 14.6. The van der Waals surface area contributed by atoms with Gasteiger partial charge in [0.15, 0.2) is 12.6 Å². The molecule has 0 radical (unpaired) electrons. The molecule has 0 aromatic carbocycles. The molecule has 12 atom stereocenters. The van der Waals surface area contributed by atoms with Crippen molar-refractivity contribution in [2.75, 3.05) is 93.5 Å². The van der Waals surface area contributed by atoms with E-state index >= 15 is 0 Å². The zero-order chi connectivity index (χ0) is 69.1. The first kappa shape index (κ1) is 86.1. The number of phosphoric acid groups is 2. The third-order valence-electron chi connectivity index (χ3n) is 15.6. The summed E-state index contributed by atoms with van der Waals surface area (Å²) in [4.78, 5) is 14.0. The summed E-state index contributed by atoms with van der Waals surface area (Å²) >= 11 is 18.2. The molecular weight excluding hydrogens is 1310 g/mol. The van der Waals surface area contributed by atoms with E-state index in [2.05, 4.69) is 52.4 Å². The number of aliphatic hydroxyl groups excluding tert-OH is 1. The minimum atomic E-state index is -4.54. The number of ether oxygens (including phenoxy) is 10. The van der Waals surface area contributed by atoms with E-state index in [0.29, 0.717) is 19.3 Å². The van der Waals surface area contributed by atoms with Crippen LogP contribution in [0.4, 0.5) is 4.79 Å². The molecule has 546 valence electrons. The number of rotatable bonds is 63. The monoisotopic (exact) mass is 1430 g/mol. The van der Waals surface area contributed by atoms with Crippen molar-refractivity contribution in [3.63, 3.8) is 0 Å². The van der Waals surface area contributed by atoms with Crippen molar-refractivity contribution in [3.05, 3.63) is 50.6 Å². The van der Waals surface area contributed by atoms with Gasteiger partial charge in [-0.15, -0.1) is 26.3 Å². The molecular formula is C67H122Cl3NO20P2. The second-order valence-corrected chi connectivity index (χ2v) is 29.3. The number of hydrogen-bond acceptors (Lipinski definition) is 20. The number of carbonyl (C=O) groups is 1. The summed E-state index contributed by atoms with van der Waals surface area (Å²) in [6.07, 6.45) is 22.4. The van der Waals surface area contributed by atoms with Crippen LogP contribution >= 0.6 is 50.4 Å². The smallest absolute Gasteiger partial charge is 0.445 e. The molecule has 0 saturated carbocycles. The van der Waals surface area contributed by atoms with Crippen LogP contribution in [0.5, 0.6) is 0 Å². The molecule has 2 saturated heterocycles. The van der Waals surface area contributed by atoms with E-state index in [-0.39, 0.29) is 65.6 Å².